The van der Waals surface area contributed by atoms with E-state index in [0.29, 0.717) is 16.9 Å². The summed E-state index contributed by atoms with van der Waals surface area (Å²) < 4.78 is 0. The van der Waals surface area contributed by atoms with Crippen LogP contribution >= 0.6 is 0 Å². The number of hydrogen-bond acceptors (Lipinski definition) is 4. The first-order chi connectivity index (χ1) is 14.0. The molecular weight excluding hydrogens is 624 g/mol. The molecule has 30 heavy (non-hydrogen) atoms. The Kier molecular flexibility index (Phi) is 5.41. The smallest absolute Gasteiger partial charge is 0.373 e. The number of aromatic nitrogens is 3. The van der Waals surface area contributed by atoms with Crippen LogP contribution < -0.4 is 0 Å². The van der Waals surface area contributed by atoms with Gasteiger partial charge in [0.15, 0.2) is 0 Å². The molecule has 2 aliphatic carbocycles. The fourth-order valence-electron chi connectivity index (χ4n) is 3.26. The van der Waals surface area contributed by atoms with Crippen LogP contribution in [0, 0.1) is 5.92 Å². The first-order valence-electron chi connectivity index (χ1n) is 9.38. The van der Waals surface area contributed by atoms with Crippen LogP contribution in [0.5, 0.6) is 0 Å². The van der Waals surface area contributed by atoms with E-state index in [-0.39, 0.29) is 5.82 Å². The molecule has 5 nitrogen and oxygen atoms in total. The second-order valence-electron chi connectivity index (χ2n) is 7.06. The third-order valence-electron chi connectivity index (χ3n) is 4.80. The maximum Gasteiger partial charge on any atom is 0.373 e. The van der Waals surface area contributed by atoms with Crippen molar-refractivity contribution in [3.05, 3.63) is 95.7 Å². The van der Waals surface area contributed by atoms with Crippen molar-refractivity contribution in [1.82, 2.24) is 15.0 Å². The van der Waals surface area contributed by atoms with Gasteiger partial charge in [0.1, 0.15) is 5.52 Å². The Hall–Kier alpha value is -4.73. The third-order valence-corrected chi connectivity index (χ3v) is 4.80. The number of fused-ring (bicyclic) bond motifs is 1. The van der Waals surface area contributed by atoms with Crippen molar-refractivity contribution in [2.45, 2.75) is 20.3 Å². The summed E-state index contributed by atoms with van der Waals surface area (Å²) in [6.07, 6.45) is 20.5. The van der Waals surface area contributed by atoms with Gasteiger partial charge in [-0.1, -0.05) is 42.4 Å². The first kappa shape index (κ1) is 20.0. The fraction of sp³-hybridized carbons (Fsp3) is 0.125. The van der Waals surface area contributed by atoms with Crippen LogP contribution in [0.1, 0.15) is 42.3 Å². The summed E-state index contributed by atoms with van der Waals surface area (Å²) in [7, 11) is 0. The summed E-state index contributed by atoms with van der Waals surface area (Å²) in [5, 5.41) is 10.4. The van der Waals surface area contributed by atoms with Crippen molar-refractivity contribution in [2.75, 3.05) is 0 Å². The summed E-state index contributed by atoms with van der Waals surface area (Å²) in [6.45, 7) is 4.08. The molecular formula is C24H20LrN3O2-. The van der Waals surface area contributed by atoms with Gasteiger partial charge in [-0.25, -0.2) is 14.8 Å². The molecule has 2 aromatic heterocycles. The number of pyridine rings is 1. The molecule has 0 bridgehead atoms. The first-order valence-corrected chi connectivity index (χ1v) is 9.38. The number of allylic oxidation sites excluding steroid dienone is 12. The van der Waals surface area contributed by atoms with E-state index >= 15 is 0 Å². The van der Waals surface area contributed by atoms with Crippen LogP contribution in [0.15, 0.2) is 72.5 Å². The number of carboxylic acids is 1. The molecule has 4 rings (SSSR count). The Bertz CT molecular complexity index is 1190. The Morgan fingerprint density at radius 2 is 1.87 bits per heavy atom. The Balaban J connectivity index is 0.00000256. The van der Waals surface area contributed by atoms with Gasteiger partial charge in [0.05, 0.1) is 11.4 Å². The topological polar surface area (TPSA) is 76.0 Å². The maximum absolute atomic E-state index is 11.7. The fourth-order valence-corrected chi connectivity index (χ4v) is 3.26. The molecule has 0 aromatic carbocycles. The molecule has 6 heteroatoms. The molecule has 159 valence electrons. The SMILES string of the molecule is CC1=CC=C(c2nc(C(=O)O)nc3c(C4=CC=C[C-](C)C=C4)nccc23)C=CC1.[Lr]. The van der Waals surface area contributed by atoms with Crippen molar-refractivity contribution in [3.8, 4) is 0 Å². The molecule has 0 saturated heterocycles. The quantitative estimate of drug-likeness (QED) is 0.470. The molecule has 1 radical (unpaired) electrons. The second kappa shape index (κ2) is 8.10. The van der Waals surface area contributed by atoms with Gasteiger partial charge in [0.25, 0.3) is 0 Å². The third kappa shape index (κ3) is 3.78. The van der Waals surface area contributed by atoms with Crippen LogP contribution in [0.25, 0.3) is 22.0 Å². The minimum absolute atomic E-state index is 0. The van der Waals surface area contributed by atoms with E-state index in [0.717, 1.165) is 28.9 Å². The molecule has 0 spiro atoms. The van der Waals surface area contributed by atoms with Gasteiger partial charge in [-0.3, -0.25) is 4.98 Å². The normalized spacial score (nSPS) is 15.7. The molecule has 0 atom stereocenters. The van der Waals surface area contributed by atoms with Crippen molar-refractivity contribution < 1.29 is 9.90 Å². The predicted octanol–water partition coefficient (Wildman–Crippen LogP) is 5.12. The standard InChI is InChI=1S/C24H20N3O2.Lr/c1-15-5-3-7-17(11-9-15)20-19-13-14-25-21(18-8-4-6-16(2)10-12-18)22(19)27-23(26-20)24(28)29;/h3-4,6-14H,5H2,1-2H3,(H,28,29);/q-1;. The average molecular weight is 644 g/mol. The van der Waals surface area contributed by atoms with Crippen LogP contribution in [0.4, 0.5) is 0 Å². The number of nitrogens with zero attached hydrogens (tertiary/aromatic N) is 3. The number of hydrogen-bond donors (Lipinski definition) is 1. The van der Waals surface area contributed by atoms with Crippen molar-refractivity contribution in [2.24, 2.45) is 0 Å². The zero-order valence-electron chi connectivity index (χ0n) is 16.5. The molecule has 0 aliphatic heterocycles. The Morgan fingerprint density at radius 1 is 1.07 bits per heavy atom. The molecule has 2 aliphatic rings. The van der Waals surface area contributed by atoms with Gasteiger partial charge in [0.2, 0.25) is 5.82 Å². The molecule has 1 N–H and O–H groups in total. The van der Waals surface area contributed by atoms with Gasteiger partial charge < -0.3 is 5.11 Å². The van der Waals surface area contributed by atoms with Crippen LogP contribution in [-0.4, -0.2) is 26.0 Å². The van der Waals surface area contributed by atoms with E-state index < -0.39 is 5.97 Å². The molecule has 0 fully saturated rings. The van der Waals surface area contributed by atoms with Gasteiger partial charge in [-0.05, 0) is 19.4 Å². The summed E-state index contributed by atoms with van der Waals surface area (Å²) in [6, 6.07) is 1.84. The molecule has 2 heterocycles. The molecule has 0 amide bonds. The van der Waals surface area contributed by atoms with E-state index in [1.165, 1.54) is 5.57 Å². The van der Waals surface area contributed by atoms with Crippen LogP contribution in [0.2, 0.25) is 0 Å². The number of carbonyl (C=O) groups is 1. The van der Waals surface area contributed by atoms with Crippen molar-refractivity contribution >= 4 is 28.0 Å². The largest absolute Gasteiger partial charge is 0.475 e. The monoisotopic (exact) mass is 644 g/mol. The zero-order chi connectivity index (χ0) is 20.4. The van der Waals surface area contributed by atoms with E-state index in [1.807, 2.05) is 61.6 Å². The zero-order valence-corrected chi connectivity index (χ0v) is 18.7. The van der Waals surface area contributed by atoms with E-state index in [2.05, 4.69) is 28.0 Å². The molecule has 0 unspecified atom stereocenters. The Labute approximate surface area is 169 Å². The maximum atomic E-state index is 11.7. The summed E-state index contributed by atoms with van der Waals surface area (Å²) in [5.41, 5.74) is 4.69. The minimum Gasteiger partial charge on any atom is -0.475 e. The van der Waals surface area contributed by atoms with Gasteiger partial charge in [-0.15, -0.1) is 12.2 Å². The van der Waals surface area contributed by atoms with Gasteiger partial charge in [0, 0.05) is 17.2 Å². The second-order valence-corrected chi connectivity index (χ2v) is 7.06. The van der Waals surface area contributed by atoms with Gasteiger partial charge >= 0.3 is 5.97 Å². The van der Waals surface area contributed by atoms with Gasteiger partial charge in [-0.2, -0.15) is 24.1 Å². The summed E-state index contributed by atoms with van der Waals surface area (Å²) >= 11 is 0. The number of carboxylic acid groups (broad SMARTS) is 1. The summed E-state index contributed by atoms with van der Waals surface area (Å²) in [4.78, 5) is 25.0. The van der Waals surface area contributed by atoms with E-state index in [4.69, 9.17) is 0 Å². The van der Waals surface area contributed by atoms with Crippen molar-refractivity contribution in [3.63, 3.8) is 0 Å². The average Bonchev–Trinajstić information content (AvgIpc) is 3.06. The van der Waals surface area contributed by atoms with Crippen LogP contribution in [0.3, 0.4) is 0 Å². The van der Waals surface area contributed by atoms with E-state index in [9.17, 15) is 9.90 Å². The molecule has 2 aromatic rings. The molecule has 0 saturated carbocycles. The van der Waals surface area contributed by atoms with E-state index in [1.54, 1.807) is 6.20 Å². The summed E-state index contributed by atoms with van der Waals surface area (Å²) in [5.74, 6) is -0.284. The Morgan fingerprint density at radius 3 is 2.67 bits per heavy atom. The number of rotatable bonds is 3. The van der Waals surface area contributed by atoms with Crippen LogP contribution in [-0.2, 0) is 0 Å². The van der Waals surface area contributed by atoms with Crippen molar-refractivity contribution in [1.29, 1.82) is 0 Å². The predicted molar refractivity (Wildman–Crippen MR) is 115 cm³/mol. The minimum atomic E-state index is -1.16. The number of aromatic carboxylic acids is 1.